The molecule has 0 fully saturated rings. The van der Waals surface area contributed by atoms with E-state index in [4.69, 9.17) is 32.7 Å². The molecule has 1 aromatic carbocycles. The van der Waals surface area contributed by atoms with Crippen molar-refractivity contribution in [1.29, 1.82) is 0 Å². The Kier molecular flexibility index (Phi) is 5.58. The van der Waals surface area contributed by atoms with Gasteiger partial charge in [0.25, 0.3) is 5.78 Å². The summed E-state index contributed by atoms with van der Waals surface area (Å²) in [5.41, 5.74) is 2.31. The van der Waals surface area contributed by atoms with Gasteiger partial charge in [-0.25, -0.2) is 9.50 Å². The lowest BCUT2D eigenvalue weighted by Gasteiger charge is -2.11. The lowest BCUT2D eigenvalue weighted by Crippen LogP contribution is -2.16. The minimum absolute atomic E-state index is 0.0994. The number of ether oxygens (including phenoxy) is 2. The summed E-state index contributed by atoms with van der Waals surface area (Å²) in [6, 6.07) is 4.93. The minimum Gasteiger partial charge on any atom is -0.488 e. The highest BCUT2D eigenvalue weighted by Crippen LogP contribution is 2.27. The summed E-state index contributed by atoms with van der Waals surface area (Å²) in [5, 5.41) is 5.03. The molecule has 3 rings (SSSR count). The maximum Gasteiger partial charge on any atom is 0.310 e. The van der Waals surface area contributed by atoms with Gasteiger partial charge in [0.05, 0.1) is 11.4 Å². The largest absolute Gasteiger partial charge is 0.488 e. The third-order valence-electron chi connectivity index (χ3n) is 3.81. The first kappa shape index (κ1) is 18.4. The quantitative estimate of drug-likeness (QED) is 0.471. The Balaban J connectivity index is 1.54. The number of fused-ring (bicyclic) bond motifs is 1. The molecule has 3 aromatic rings. The van der Waals surface area contributed by atoms with Crippen molar-refractivity contribution in [3.63, 3.8) is 0 Å². The van der Waals surface area contributed by atoms with Crippen LogP contribution in [0.3, 0.4) is 0 Å². The number of carbonyl (C=O) groups excluding carboxylic acids is 1. The van der Waals surface area contributed by atoms with E-state index in [0.717, 1.165) is 17.0 Å². The van der Waals surface area contributed by atoms with Gasteiger partial charge in [0.15, 0.2) is 0 Å². The minimum atomic E-state index is -0.372. The fraction of sp³-hybridized carbons (Fsp3) is 0.294. The van der Waals surface area contributed by atoms with Gasteiger partial charge in [-0.2, -0.15) is 10.1 Å². The van der Waals surface area contributed by atoms with Crippen molar-refractivity contribution < 1.29 is 14.3 Å². The molecule has 9 heteroatoms. The Bertz CT molecular complexity index is 959. The van der Waals surface area contributed by atoms with E-state index in [0.29, 0.717) is 21.6 Å². The van der Waals surface area contributed by atoms with Crippen LogP contribution in [0.15, 0.2) is 24.5 Å². The standard InChI is InChI=1S/C17H16Cl2N4O3/c1-10-13(11(2)23-17(22-10)20-9-21-23)8-16(24)26-6-5-25-15-4-3-12(18)7-14(15)19/h3-4,7,9H,5-6,8H2,1-2H3. The molecule has 0 spiro atoms. The lowest BCUT2D eigenvalue weighted by molar-refractivity contribution is -0.143. The van der Waals surface area contributed by atoms with Gasteiger partial charge < -0.3 is 9.47 Å². The van der Waals surface area contributed by atoms with Gasteiger partial charge in [-0.1, -0.05) is 23.2 Å². The monoisotopic (exact) mass is 394 g/mol. The first-order chi connectivity index (χ1) is 12.5. The molecule has 0 aliphatic heterocycles. The van der Waals surface area contributed by atoms with Crippen LogP contribution in [0.1, 0.15) is 17.0 Å². The predicted octanol–water partition coefficient (Wildman–Crippen LogP) is 3.21. The molecule has 0 aliphatic rings. The first-order valence-electron chi connectivity index (χ1n) is 7.85. The molecular formula is C17H16Cl2N4O3. The summed E-state index contributed by atoms with van der Waals surface area (Å²) in [7, 11) is 0. The van der Waals surface area contributed by atoms with E-state index in [9.17, 15) is 4.79 Å². The summed E-state index contributed by atoms with van der Waals surface area (Å²) in [4.78, 5) is 20.5. The van der Waals surface area contributed by atoms with E-state index < -0.39 is 0 Å². The molecule has 0 unspecified atom stereocenters. The molecule has 0 saturated heterocycles. The van der Waals surface area contributed by atoms with Crippen LogP contribution in [-0.2, 0) is 16.0 Å². The second-order valence-electron chi connectivity index (χ2n) is 5.55. The number of benzene rings is 1. The molecule has 0 amide bonds. The number of esters is 1. The van der Waals surface area contributed by atoms with Crippen molar-refractivity contribution in [3.05, 3.63) is 51.5 Å². The van der Waals surface area contributed by atoms with Crippen molar-refractivity contribution in [1.82, 2.24) is 19.6 Å². The number of rotatable bonds is 6. The van der Waals surface area contributed by atoms with Gasteiger partial charge in [0, 0.05) is 22.0 Å². The number of carbonyl (C=O) groups is 1. The van der Waals surface area contributed by atoms with Gasteiger partial charge in [-0.3, -0.25) is 4.79 Å². The molecule has 0 aliphatic carbocycles. The Hall–Kier alpha value is -2.38. The number of halogens is 2. The highest BCUT2D eigenvalue weighted by Gasteiger charge is 2.15. The Labute approximate surface area is 159 Å². The van der Waals surface area contributed by atoms with Crippen molar-refractivity contribution in [2.24, 2.45) is 0 Å². The molecule has 0 N–H and O–H groups in total. The molecule has 2 aromatic heterocycles. The smallest absolute Gasteiger partial charge is 0.310 e. The number of aromatic nitrogens is 4. The molecule has 0 atom stereocenters. The molecule has 0 saturated carbocycles. The third kappa shape index (κ3) is 4.05. The van der Waals surface area contributed by atoms with Crippen LogP contribution in [0.2, 0.25) is 10.0 Å². The van der Waals surface area contributed by atoms with Crippen LogP contribution in [0, 0.1) is 13.8 Å². The molecule has 136 valence electrons. The summed E-state index contributed by atoms with van der Waals surface area (Å²) in [6.45, 7) is 3.99. The van der Waals surface area contributed by atoms with Crippen LogP contribution in [0.5, 0.6) is 5.75 Å². The van der Waals surface area contributed by atoms with Gasteiger partial charge in [0.2, 0.25) is 0 Å². The zero-order valence-corrected chi connectivity index (χ0v) is 15.7. The van der Waals surface area contributed by atoms with Crippen LogP contribution in [0.25, 0.3) is 5.78 Å². The van der Waals surface area contributed by atoms with Crippen molar-refractivity contribution >= 4 is 34.9 Å². The average Bonchev–Trinajstić information content (AvgIpc) is 3.05. The van der Waals surface area contributed by atoms with Gasteiger partial charge in [0.1, 0.15) is 25.3 Å². The molecular weight excluding hydrogens is 379 g/mol. The summed E-state index contributed by atoms with van der Waals surface area (Å²) >= 11 is 11.8. The fourth-order valence-electron chi connectivity index (χ4n) is 2.51. The third-order valence-corrected chi connectivity index (χ3v) is 4.34. The van der Waals surface area contributed by atoms with Crippen LogP contribution in [0.4, 0.5) is 0 Å². The molecule has 2 heterocycles. The van der Waals surface area contributed by atoms with Gasteiger partial charge in [-0.05, 0) is 32.0 Å². The Morgan fingerprint density at radius 2 is 2.04 bits per heavy atom. The second kappa shape index (κ2) is 7.88. The van der Waals surface area contributed by atoms with Crippen LogP contribution < -0.4 is 4.74 Å². The van der Waals surface area contributed by atoms with E-state index >= 15 is 0 Å². The zero-order chi connectivity index (χ0) is 18.7. The number of aryl methyl sites for hydroxylation is 2. The van der Waals surface area contributed by atoms with E-state index in [-0.39, 0.29) is 25.6 Å². The Morgan fingerprint density at radius 1 is 1.23 bits per heavy atom. The molecule has 7 nitrogen and oxygen atoms in total. The average molecular weight is 395 g/mol. The summed E-state index contributed by atoms with van der Waals surface area (Å²) in [6.07, 6.45) is 1.53. The molecule has 0 bridgehead atoms. The SMILES string of the molecule is Cc1nc2ncnn2c(C)c1CC(=O)OCCOc1ccc(Cl)cc1Cl. The van der Waals surface area contributed by atoms with E-state index in [1.54, 1.807) is 22.7 Å². The lowest BCUT2D eigenvalue weighted by atomic mass is 10.1. The number of hydrogen-bond acceptors (Lipinski definition) is 6. The first-order valence-corrected chi connectivity index (χ1v) is 8.60. The zero-order valence-electron chi connectivity index (χ0n) is 14.2. The molecule has 0 radical (unpaired) electrons. The van der Waals surface area contributed by atoms with E-state index in [1.807, 2.05) is 13.8 Å². The second-order valence-corrected chi connectivity index (χ2v) is 6.40. The fourth-order valence-corrected chi connectivity index (χ4v) is 2.97. The van der Waals surface area contributed by atoms with E-state index in [2.05, 4.69) is 15.1 Å². The van der Waals surface area contributed by atoms with Gasteiger partial charge in [-0.15, -0.1) is 0 Å². The van der Waals surface area contributed by atoms with Crippen molar-refractivity contribution in [2.75, 3.05) is 13.2 Å². The number of nitrogens with zero attached hydrogens (tertiary/aromatic N) is 4. The predicted molar refractivity (Wildman–Crippen MR) is 96.9 cm³/mol. The maximum atomic E-state index is 12.1. The summed E-state index contributed by atoms with van der Waals surface area (Å²) < 4.78 is 12.3. The van der Waals surface area contributed by atoms with Crippen LogP contribution >= 0.6 is 23.2 Å². The van der Waals surface area contributed by atoms with Gasteiger partial charge >= 0.3 is 5.97 Å². The maximum absolute atomic E-state index is 12.1. The normalized spacial score (nSPS) is 10.9. The molecule has 26 heavy (non-hydrogen) atoms. The van der Waals surface area contributed by atoms with Crippen molar-refractivity contribution in [3.8, 4) is 5.75 Å². The van der Waals surface area contributed by atoms with Crippen molar-refractivity contribution in [2.45, 2.75) is 20.3 Å². The number of hydrogen-bond donors (Lipinski definition) is 0. The Morgan fingerprint density at radius 3 is 2.81 bits per heavy atom. The van der Waals surface area contributed by atoms with E-state index in [1.165, 1.54) is 6.33 Å². The highest BCUT2D eigenvalue weighted by atomic mass is 35.5. The topological polar surface area (TPSA) is 78.6 Å². The van der Waals surface area contributed by atoms with Crippen LogP contribution in [-0.4, -0.2) is 38.8 Å². The summed E-state index contributed by atoms with van der Waals surface area (Å²) in [5.74, 6) is 0.619. The highest BCUT2D eigenvalue weighted by molar-refractivity contribution is 6.35.